The Morgan fingerprint density at radius 3 is 2.92 bits per heavy atom. The van der Waals surface area contributed by atoms with Crippen molar-refractivity contribution in [2.75, 3.05) is 18.5 Å². The molecule has 2 aromatic heterocycles. The standard InChI is InChI=1S/C17H17FN6O/c1-24(17-15-16(20-8-19-15)21-9-22-17)7-14(25)23-13-6-12(13)10-2-4-11(18)5-3-10/h2-5,8-9,12-13H,6-7H2,1H3,(H,23,25)(H,19,20,21,22)/t12-,13+/m0/s1. The summed E-state index contributed by atoms with van der Waals surface area (Å²) in [7, 11) is 1.80. The molecule has 3 aromatic rings. The second-order valence-electron chi connectivity index (χ2n) is 6.22. The summed E-state index contributed by atoms with van der Waals surface area (Å²) in [5.41, 5.74) is 2.32. The number of benzene rings is 1. The third-order valence-corrected chi connectivity index (χ3v) is 4.38. The molecule has 2 atom stereocenters. The zero-order valence-electron chi connectivity index (χ0n) is 13.6. The number of aromatic nitrogens is 4. The Labute approximate surface area is 143 Å². The van der Waals surface area contributed by atoms with Gasteiger partial charge in [-0.15, -0.1) is 0 Å². The molecule has 1 aliphatic rings. The van der Waals surface area contributed by atoms with Gasteiger partial charge < -0.3 is 15.2 Å². The van der Waals surface area contributed by atoms with E-state index in [0.717, 1.165) is 12.0 Å². The van der Waals surface area contributed by atoms with Crippen LogP contribution in [0.5, 0.6) is 0 Å². The molecular weight excluding hydrogens is 323 g/mol. The van der Waals surface area contributed by atoms with Gasteiger partial charge in [0, 0.05) is 19.0 Å². The first-order valence-corrected chi connectivity index (χ1v) is 8.02. The van der Waals surface area contributed by atoms with Crippen molar-refractivity contribution in [3.63, 3.8) is 0 Å². The minimum atomic E-state index is -0.249. The average molecular weight is 340 g/mol. The minimum Gasteiger partial charge on any atom is -0.351 e. The summed E-state index contributed by atoms with van der Waals surface area (Å²) < 4.78 is 13.0. The Morgan fingerprint density at radius 2 is 2.12 bits per heavy atom. The SMILES string of the molecule is CN(CC(=O)N[C@@H]1C[C@H]1c1ccc(F)cc1)c1ncnc2nc[nH]c12. The van der Waals surface area contributed by atoms with E-state index in [-0.39, 0.29) is 30.2 Å². The predicted octanol–water partition coefficient (Wildman–Crippen LogP) is 1.60. The van der Waals surface area contributed by atoms with Gasteiger partial charge in [-0.25, -0.2) is 19.3 Å². The lowest BCUT2D eigenvalue weighted by molar-refractivity contribution is -0.119. The molecule has 0 spiro atoms. The van der Waals surface area contributed by atoms with Crippen LogP contribution in [0, 0.1) is 5.82 Å². The van der Waals surface area contributed by atoms with E-state index in [1.807, 2.05) is 0 Å². The summed E-state index contributed by atoms with van der Waals surface area (Å²) in [6.45, 7) is 0.178. The number of anilines is 1. The van der Waals surface area contributed by atoms with E-state index in [9.17, 15) is 9.18 Å². The van der Waals surface area contributed by atoms with E-state index in [1.165, 1.54) is 18.5 Å². The molecular formula is C17H17FN6O. The van der Waals surface area contributed by atoms with E-state index in [0.29, 0.717) is 17.0 Å². The Kier molecular flexibility index (Phi) is 3.79. The molecule has 8 heteroatoms. The highest BCUT2D eigenvalue weighted by atomic mass is 19.1. The lowest BCUT2D eigenvalue weighted by Gasteiger charge is -2.17. The van der Waals surface area contributed by atoms with E-state index < -0.39 is 0 Å². The van der Waals surface area contributed by atoms with Crippen LogP contribution in [-0.4, -0.2) is 45.5 Å². The fourth-order valence-corrected chi connectivity index (χ4v) is 3.02. The minimum absolute atomic E-state index is 0.0802. The monoisotopic (exact) mass is 340 g/mol. The van der Waals surface area contributed by atoms with Gasteiger partial charge in [-0.2, -0.15) is 0 Å². The molecule has 128 valence electrons. The number of H-pyrrole nitrogens is 1. The van der Waals surface area contributed by atoms with Crippen LogP contribution in [0.4, 0.5) is 10.2 Å². The second-order valence-corrected chi connectivity index (χ2v) is 6.22. The number of rotatable bonds is 5. The fraction of sp³-hybridized carbons (Fsp3) is 0.294. The van der Waals surface area contributed by atoms with Gasteiger partial charge >= 0.3 is 0 Å². The zero-order chi connectivity index (χ0) is 17.4. The fourth-order valence-electron chi connectivity index (χ4n) is 3.02. The van der Waals surface area contributed by atoms with Gasteiger partial charge in [0.25, 0.3) is 0 Å². The maximum atomic E-state index is 13.0. The first-order valence-electron chi connectivity index (χ1n) is 8.02. The number of hydrogen-bond donors (Lipinski definition) is 2. The topological polar surface area (TPSA) is 86.8 Å². The summed E-state index contributed by atoms with van der Waals surface area (Å²) in [6.07, 6.45) is 3.85. The summed E-state index contributed by atoms with van der Waals surface area (Å²) in [5, 5.41) is 3.02. The van der Waals surface area contributed by atoms with E-state index in [1.54, 1.807) is 30.4 Å². The van der Waals surface area contributed by atoms with Crippen LogP contribution < -0.4 is 10.2 Å². The molecule has 1 aliphatic carbocycles. The molecule has 1 amide bonds. The molecule has 1 fully saturated rings. The van der Waals surface area contributed by atoms with Crippen molar-refractivity contribution >= 4 is 22.9 Å². The number of fused-ring (bicyclic) bond motifs is 1. The van der Waals surface area contributed by atoms with Crippen LogP contribution in [0.25, 0.3) is 11.2 Å². The molecule has 4 rings (SSSR count). The first kappa shape index (κ1) is 15.5. The molecule has 0 saturated heterocycles. The molecule has 1 aromatic carbocycles. The maximum Gasteiger partial charge on any atom is 0.239 e. The lowest BCUT2D eigenvalue weighted by Crippen LogP contribution is -2.37. The van der Waals surface area contributed by atoms with Crippen LogP contribution in [0.2, 0.25) is 0 Å². The van der Waals surface area contributed by atoms with Crippen molar-refractivity contribution in [1.29, 1.82) is 0 Å². The number of likely N-dealkylation sites (N-methyl/N-ethyl adjacent to an activating group) is 1. The molecule has 25 heavy (non-hydrogen) atoms. The highest BCUT2D eigenvalue weighted by molar-refractivity contribution is 5.87. The van der Waals surface area contributed by atoms with Crippen molar-refractivity contribution in [3.8, 4) is 0 Å². The Bertz CT molecular complexity index is 909. The van der Waals surface area contributed by atoms with Crippen LogP contribution >= 0.6 is 0 Å². The van der Waals surface area contributed by atoms with Gasteiger partial charge in [0.05, 0.1) is 12.9 Å². The highest BCUT2D eigenvalue weighted by Gasteiger charge is 2.39. The Hall–Kier alpha value is -3.03. The number of nitrogens with zero attached hydrogens (tertiary/aromatic N) is 4. The molecule has 0 aliphatic heterocycles. The predicted molar refractivity (Wildman–Crippen MR) is 90.6 cm³/mol. The van der Waals surface area contributed by atoms with Gasteiger partial charge in [-0.05, 0) is 24.1 Å². The number of carbonyl (C=O) groups is 1. The lowest BCUT2D eigenvalue weighted by atomic mass is 10.1. The summed E-state index contributed by atoms with van der Waals surface area (Å²) >= 11 is 0. The number of halogens is 1. The zero-order valence-corrected chi connectivity index (χ0v) is 13.6. The van der Waals surface area contributed by atoms with Crippen LogP contribution in [0.15, 0.2) is 36.9 Å². The number of nitrogens with one attached hydrogen (secondary N) is 2. The van der Waals surface area contributed by atoms with Crippen molar-refractivity contribution < 1.29 is 9.18 Å². The quantitative estimate of drug-likeness (QED) is 0.737. The maximum absolute atomic E-state index is 13.0. The molecule has 0 bridgehead atoms. The van der Waals surface area contributed by atoms with Crippen LogP contribution in [-0.2, 0) is 4.79 Å². The van der Waals surface area contributed by atoms with Crippen molar-refractivity contribution in [2.45, 2.75) is 18.4 Å². The van der Waals surface area contributed by atoms with Gasteiger partial charge in [-0.1, -0.05) is 12.1 Å². The molecule has 2 heterocycles. The second kappa shape index (κ2) is 6.12. The van der Waals surface area contributed by atoms with Crippen molar-refractivity contribution in [3.05, 3.63) is 48.3 Å². The third kappa shape index (κ3) is 3.15. The smallest absolute Gasteiger partial charge is 0.239 e. The van der Waals surface area contributed by atoms with Crippen LogP contribution in [0.3, 0.4) is 0 Å². The molecule has 0 unspecified atom stereocenters. The summed E-state index contributed by atoms with van der Waals surface area (Å²) in [5.74, 6) is 0.557. The molecule has 0 radical (unpaired) electrons. The van der Waals surface area contributed by atoms with Gasteiger partial charge in [0.1, 0.15) is 17.7 Å². The van der Waals surface area contributed by atoms with Gasteiger partial charge in [0.2, 0.25) is 5.91 Å². The Balaban J connectivity index is 1.36. The average Bonchev–Trinajstić information content (AvgIpc) is 3.18. The number of carbonyl (C=O) groups excluding carboxylic acids is 1. The first-order chi connectivity index (χ1) is 12.1. The van der Waals surface area contributed by atoms with E-state index >= 15 is 0 Å². The number of imidazole rings is 1. The number of aromatic amines is 1. The van der Waals surface area contributed by atoms with E-state index in [2.05, 4.69) is 25.3 Å². The largest absolute Gasteiger partial charge is 0.351 e. The summed E-state index contributed by atoms with van der Waals surface area (Å²) in [4.78, 5) is 29.4. The molecule has 2 N–H and O–H groups in total. The molecule has 1 saturated carbocycles. The van der Waals surface area contributed by atoms with Crippen molar-refractivity contribution in [1.82, 2.24) is 25.3 Å². The molecule has 7 nitrogen and oxygen atoms in total. The summed E-state index contributed by atoms with van der Waals surface area (Å²) in [6, 6.07) is 6.54. The number of amides is 1. The normalized spacial score (nSPS) is 19.0. The Morgan fingerprint density at radius 1 is 1.32 bits per heavy atom. The third-order valence-electron chi connectivity index (χ3n) is 4.38. The van der Waals surface area contributed by atoms with Crippen LogP contribution in [0.1, 0.15) is 17.9 Å². The highest BCUT2D eigenvalue weighted by Crippen LogP contribution is 2.40. The number of hydrogen-bond acceptors (Lipinski definition) is 5. The van der Waals surface area contributed by atoms with E-state index in [4.69, 9.17) is 0 Å². The van der Waals surface area contributed by atoms with Gasteiger partial charge in [-0.3, -0.25) is 4.79 Å². The van der Waals surface area contributed by atoms with Gasteiger partial charge in [0.15, 0.2) is 11.5 Å². The van der Waals surface area contributed by atoms with Crippen molar-refractivity contribution in [2.24, 2.45) is 0 Å².